The molecule has 1 heterocycles. The van der Waals surface area contributed by atoms with Crippen LogP contribution in [0.3, 0.4) is 0 Å². The molecule has 5 heteroatoms. The molecule has 2 rings (SSSR count). The number of carbonyl (C=O) groups excluding carboxylic acids is 1. The highest BCUT2D eigenvalue weighted by Gasteiger charge is 2.30. The van der Waals surface area contributed by atoms with Crippen LogP contribution in [0.2, 0.25) is 0 Å². The van der Waals surface area contributed by atoms with Gasteiger partial charge in [-0.2, -0.15) is 0 Å². The molecular formula is C15H21FN2O2. The van der Waals surface area contributed by atoms with Crippen molar-refractivity contribution < 1.29 is 14.3 Å². The van der Waals surface area contributed by atoms with Crippen LogP contribution in [-0.4, -0.2) is 23.6 Å². The van der Waals surface area contributed by atoms with Gasteiger partial charge in [-0.1, -0.05) is 0 Å². The zero-order valence-corrected chi connectivity index (χ0v) is 11.8. The second kappa shape index (κ2) is 5.79. The zero-order chi connectivity index (χ0) is 14.9. The third kappa shape index (κ3) is 2.93. The van der Waals surface area contributed by atoms with Gasteiger partial charge >= 0.3 is 0 Å². The first kappa shape index (κ1) is 14.8. The maximum Gasteiger partial charge on any atom is 0.222 e. The number of hydrogen-bond donors (Lipinski definition) is 2. The van der Waals surface area contributed by atoms with Crippen molar-refractivity contribution in [1.29, 1.82) is 0 Å². The number of amides is 1. The van der Waals surface area contributed by atoms with Crippen LogP contribution >= 0.6 is 0 Å². The van der Waals surface area contributed by atoms with Gasteiger partial charge in [-0.05, 0) is 44.9 Å². The zero-order valence-electron chi connectivity index (χ0n) is 11.8. The Hall–Kier alpha value is -1.62. The quantitative estimate of drug-likeness (QED) is 0.889. The molecule has 3 unspecified atom stereocenters. The van der Waals surface area contributed by atoms with E-state index in [4.69, 9.17) is 5.73 Å². The van der Waals surface area contributed by atoms with E-state index >= 15 is 0 Å². The average molecular weight is 280 g/mol. The molecule has 0 aromatic heterocycles. The summed E-state index contributed by atoms with van der Waals surface area (Å²) in [5, 5.41) is 9.84. The van der Waals surface area contributed by atoms with Crippen LogP contribution in [0, 0.1) is 11.7 Å². The largest absolute Gasteiger partial charge is 0.389 e. The third-order valence-corrected chi connectivity index (χ3v) is 4.03. The minimum atomic E-state index is -0.762. The van der Waals surface area contributed by atoms with E-state index in [-0.39, 0.29) is 23.7 Å². The summed E-state index contributed by atoms with van der Waals surface area (Å²) in [6.07, 6.45) is 0.865. The Morgan fingerprint density at radius 2 is 2.20 bits per heavy atom. The van der Waals surface area contributed by atoms with Crippen LogP contribution < -0.4 is 10.6 Å². The Labute approximate surface area is 118 Å². The van der Waals surface area contributed by atoms with E-state index in [1.165, 1.54) is 12.1 Å². The lowest BCUT2D eigenvalue weighted by Gasteiger charge is -2.40. The molecule has 0 aliphatic carbocycles. The fourth-order valence-electron chi connectivity index (χ4n) is 2.80. The number of nitrogens with zero attached hydrogens (tertiary/aromatic N) is 1. The smallest absolute Gasteiger partial charge is 0.222 e. The van der Waals surface area contributed by atoms with Gasteiger partial charge in [-0.25, -0.2) is 4.39 Å². The van der Waals surface area contributed by atoms with Crippen LogP contribution in [-0.2, 0) is 4.79 Å². The highest BCUT2D eigenvalue weighted by atomic mass is 19.1. The van der Waals surface area contributed by atoms with Crippen molar-refractivity contribution in [2.24, 2.45) is 11.7 Å². The number of piperidine rings is 1. The van der Waals surface area contributed by atoms with Crippen molar-refractivity contribution in [1.82, 2.24) is 0 Å². The fraction of sp³-hybridized carbons (Fsp3) is 0.533. The molecule has 1 aliphatic heterocycles. The molecule has 3 N–H and O–H groups in total. The Morgan fingerprint density at radius 1 is 1.50 bits per heavy atom. The number of carbonyl (C=O) groups is 1. The van der Waals surface area contributed by atoms with Crippen molar-refractivity contribution in [2.45, 2.75) is 38.8 Å². The summed E-state index contributed by atoms with van der Waals surface area (Å²) in [6, 6.07) is 4.62. The summed E-state index contributed by atoms with van der Waals surface area (Å²) in [5.41, 5.74) is 6.72. The second-order valence-electron chi connectivity index (χ2n) is 5.56. The lowest BCUT2D eigenvalue weighted by Crippen LogP contribution is -2.46. The number of benzene rings is 1. The van der Waals surface area contributed by atoms with Crippen molar-refractivity contribution in [3.8, 4) is 0 Å². The van der Waals surface area contributed by atoms with E-state index in [0.717, 1.165) is 18.5 Å². The van der Waals surface area contributed by atoms with Gasteiger partial charge in [0.25, 0.3) is 0 Å². The molecule has 0 bridgehead atoms. The molecule has 1 aromatic rings. The van der Waals surface area contributed by atoms with Gasteiger partial charge in [-0.15, -0.1) is 0 Å². The van der Waals surface area contributed by atoms with E-state index in [0.29, 0.717) is 12.1 Å². The predicted octanol–water partition coefficient (Wildman–Crippen LogP) is 1.97. The summed E-state index contributed by atoms with van der Waals surface area (Å²) in [6.45, 7) is 4.19. The van der Waals surface area contributed by atoms with Crippen molar-refractivity contribution in [3.63, 3.8) is 0 Å². The average Bonchev–Trinajstić information content (AvgIpc) is 2.39. The number of hydrogen-bond acceptors (Lipinski definition) is 3. The summed E-state index contributed by atoms with van der Waals surface area (Å²) >= 11 is 0. The maximum atomic E-state index is 13.4. The first-order valence-electron chi connectivity index (χ1n) is 6.93. The first-order valence-corrected chi connectivity index (χ1v) is 6.93. The van der Waals surface area contributed by atoms with Crippen LogP contribution in [0.15, 0.2) is 18.2 Å². The van der Waals surface area contributed by atoms with Crippen LogP contribution in [0.5, 0.6) is 0 Å². The van der Waals surface area contributed by atoms with Crippen LogP contribution in [0.25, 0.3) is 0 Å². The Morgan fingerprint density at radius 3 is 2.80 bits per heavy atom. The molecule has 20 heavy (non-hydrogen) atoms. The number of aliphatic hydroxyl groups is 1. The lowest BCUT2D eigenvalue weighted by molar-refractivity contribution is -0.122. The molecule has 1 fully saturated rings. The standard InChI is InChI=1S/C15H21FN2O2/c1-9-3-4-11(15(17)20)8-18(9)14-6-5-12(16)7-13(14)10(2)19/h5-7,9-11,19H,3-4,8H2,1-2H3,(H2,17,20). The summed E-state index contributed by atoms with van der Waals surface area (Å²) in [4.78, 5) is 13.4. The number of primary amides is 1. The molecule has 4 nitrogen and oxygen atoms in total. The Balaban J connectivity index is 2.35. The van der Waals surface area contributed by atoms with Gasteiger partial charge in [0, 0.05) is 23.8 Å². The molecule has 110 valence electrons. The number of halogens is 1. The minimum absolute atomic E-state index is 0.196. The van der Waals surface area contributed by atoms with E-state index in [2.05, 4.69) is 6.92 Å². The molecule has 3 atom stereocenters. The van der Waals surface area contributed by atoms with Gasteiger partial charge in [0.15, 0.2) is 0 Å². The number of nitrogens with two attached hydrogens (primary N) is 1. The predicted molar refractivity (Wildman–Crippen MR) is 75.8 cm³/mol. The molecule has 0 spiro atoms. The van der Waals surface area contributed by atoms with Gasteiger partial charge in [-0.3, -0.25) is 4.79 Å². The summed E-state index contributed by atoms with van der Waals surface area (Å²) in [5.74, 6) is -0.874. The summed E-state index contributed by atoms with van der Waals surface area (Å²) < 4.78 is 13.4. The molecule has 1 aliphatic rings. The van der Waals surface area contributed by atoms with Crippen molar-refractivity contribution in [3.05, 3.63) is 29.6 Å². The molecule has 1 saturated heterocycles. The third-order valence-electron chi connectivity index (χ3n) is 4.03. The normalized spacial score (nSPS) is 24.5. The van der Waals surface area contributed by atoms with Gasteiger partial charge < -0.3 is 15.7 Å². The maximum absolute atomic E-state index is 13.4. The van der Waals surface area contributed by atoms with Crippen molar-refractivity contribution >= 4 is 11.6 Å². The lowest BCUT2D eigenvalue weighted by atomic mass is 9.91. The van der Waals surface area contributed by atoms with E-state index in [9.17, 15) is 14.3 Å². The monoisotopic (exact) mass is 280 g/mol. The Kier molecular flexibility index (Phi) is 4.28. The molecular weight excluding hydrogens is 259 g/mol. The molecule has 1 amide bonds. The van der Waals surface area contributed by atoms with E-state index < -0.39 is 6.10 Å². The van der Waals surface area contributed by atoms with Crippen molar-refractivity contribution in [2.75, 3.05) is 11.4 Å². The van der Waals surface area contributed by atoms with Crippen LogP contribution in [0.4, 0.5) is 10.1 Å². The number of aliphatic hydroxyl groups excluding tert-OH is 1. The van der Waals surface area contributed by atoms with Crippen LogP contribution in [0.1, 0.15) is 38.4 Å². The fourth-order valence-corrected chi connectivity index (χ4v) is 2.80. The SMILES string of the molecule is CC(O)c1cc(F)ccc1N1CC(C(N)=O)CCC1C. The van der Waals surface area contributed by atoms with Gasteiger partial charge in [0.05, 0.1) is 12.0 Å². The summed E-state index contributed by atoms with van der Waals surface area (Å²) in [7, 11) is 0. The second-order valence-corrected chi connectivity index (χ2v) is 5.56. The topological polar surface area (TPSA) is 66.6 Å². The molecule has 0 saturated carbocycles. The van der Waals surface area contributed by atoms with E-state index in [1.54, 1.807) is 13.0 Å². The highest BCUT2D eigenvalue weighted by molar-refractivity contribution is 5.78. The molecule has 1 aromatic carbocycles. The van der Waals surface area contributed by atoms with E-state index in [1.807, 2.05) is 4.90 Å². The number of anilines is 1. The number of rotatable bonds is 3. The van der Waals surface area contributed by atoms with Gasteiger partial charge in [0.1, 0.15) is 5.82 Å². The van der Waals surface area contributed by atoms with Gasteiger partial charge in [0.2, 0.25) is 5.91 Å². The highest BCUT2D eigenvalue weighted by Crippen LogP contribution is 2.33. The molecule has 0 radical (unpaired) electrons. The Bertz CT molecular complexity index is 505. The first-order chi connectivity index (χ1) is 9.40. The minimum Gasteiger partial charge on any atom is -0.389 e.